The van der Waals surface area contributed by atoms with Crippen LogP contribution < -0.4 is 11.0 Å². The molecule has 2 N–H and O–H groups in total. The van der Waals surface area contributed by atoms with Gasteiger partial charge in [0.25, 0.3) is 0 Å². The van der Waals surface area contributed by atoms with E-state index in [-0.39, 0.29) is 5.91 Å². The summed E-state index contributed by atoms with van der Waals surface area (Å²) in [6, 6.07) is 1.59. The fourth-order valence-corrected chi connectivity index (χ4v) is 3.84. The van der Waals surface area contributed by atoms with Crippen molar-refractivity contribution in [2.75, 3.05) is 5.32 Å². The quantitative estimate of drug-likeness (QED) is 0.220. The number of rotatable bonds is 20. The lowest BCUT2D eigenvalue weighted by atomic mass is 10.0. The molecule has 172 valence electrons. The molecule has 0 saturated carbocycles. The van der Waals surface area contributed by atoms with Crippen LogP contribution in [0.3, 0.4) is 0 Å². The lowest BCUT2D eigenvalue weighted by molar-refractivity contribution is -0.116. The van der Waals surface area contributed by atoms with Crippen LogP contribution in [0.2, 0.25) is 0 Å². The summed E-state index contributed by atoms with van der Waals surface area (Å²) in [5.41, 5.74) is -0.444. The van der Waals surface area contributed by atoms with E-state index in [4.69, 9.17) is 0 Å². The van der Waals surface area contributed by atoms with Crippen molar-refractivity contribution >= 4 is 11.7 Å². The van der Waals surface area contributed by atoms with E-state index in [1.165, 1.54) is 109 Å². The van der Waals surface area contributed by atoms with Crippen LogP contribution in [-0.2, 0) is 4.79 Å². The predicted molar refractivity (Wildman–Crippen MR) is 127 cm³/mol. The summed E-state index contributed by atoms with van der Waals surface area (Å²) in [4.78, 5) is 29.0. The van der Waals surface area contributed by atoms with Crippen LogP contribution in [0.15, 0.2) is 17.1 Å². The molecule has 1 rings (SSSR count). The van der Waals surface area contributed by atoms with Gasteiger partial charge in [0.1, 0.15) is 5.82 Å². The maximum absolute atomic E-state index is 11.8. The van der Waals surface area contributed by atoms with Crippen molar-refractivity contribution in [3.63, 3.8) is 0 Å². The number of hydrogen-bond donors (Lipinski definition) is 2. The Hall–Kier alpha value is -1.65. The summed E-state index contributed by atoms with van der Waals surface area (Å²) in [5, 5.41) is 2.71. The molecule has 0 fully saturated rings. The molecule has 30 heavy (non-hydrogen) atoms. The van der Waals surface area contributed by atoms with Gasteiger partial charge in [-0.3, -0.25) is 9.78 Å². The molecule has 0 aliphatic rings. The van der Waals surface area contributed by atoms with Gasteiger partial charge < -0.3 is 5.32 Å². The van der Waals surface area contributed by atoms with Crippen LogP contribution in [0.1, 0.15) is 129 Å². The van der Waals surface area contributed by atoms with E-state index in [1.54, 1.807) is 6.07 Å². The molecule has 5 heteroatoms. The molecule has 0 radical (unpaired) electrons. The van der Waals surface area contributed by atoms with E-state index < -0.39 is 5.69 Å². The van der Waals surface area contributed by atoms with Crippen LogP contribution >= 0.6 is 0 Å². The van der Waals surface area contributed by atoms with Crippen LogP contribution in [-0.4, -0.2) is 15.9 Å². The third-order valence-corrected chi connectivity index (χ3v) is 5.71. The van der Waals surface area contributed by atoms with Gasteiger partial charge in [0.15, 0.2) is 0 Å². The molecule has 1 aromatic rings. The third kappa shape index (κ3) is 16.2. The third-order valence-electron chi connectivity index (χ3n) is 5.71. The molecular weight excluding hydrogens is 374 g/mol. The van der Waals surface area contributed by atoms with Gasteiger partial charge >= 0.3 is 5.69 Å². The monoisotopic (exact) mass is 419 g/mol. The van der Waals surface area contributed by atoms with Gasteiger partial charge in [0.2, 0.25) is 5.91 Å². The van der Waals surface area contributed by atoms with Gasteiger partial charge in [-0.2, -0.15) is 0 Å². The van der Waals surface area contributed by atoms with Gasteiger partial charge in [0.05, 0.1) is 0 Å². The summed E-state index contributed by atoms with van der Waals surface area (Å²) in [7, 11) is 0. The smallest absolute Gasteiger partial charge is 0.312 e. The molecule has 1 amide bonds. The molecule has 0 atom stereocenters. The minimum absolute atomic E-state index is 0.0478. The molecule has 1 heterocycles. The Morgan fingerprint density at radius 1 is 0.767 bits per heavy atom. The number of carbonyl (C=O) groups is 1. The zero-order valence-electron chi connectivity index (χ0n) is 19.4. The molecule has 0 saturated heterocycles. The molecule has 0 aliphatic heterocycles. The standard InChI is InChI=1S/C25H45N3O2/c1-2-3-4-5-6-7-8-9-10-11-12-13-14-15-16-17-18-19-20-24(29)27-23-21-22-26-25(30)28-23/h21-22H,2-20H2,1H3,(H2,26,27,28,29,30). The van der Waals surface area contributed by atoms with Crippen LogP contribution in [0.5, 0.6) is 0 Å². The molecule has 0 spiro atoms. The van der Waals surface area contributed by atoms with Gasteiger partial charge in [-0.25, -0.2) is 9.78 Å². The zero-order valence-corrected chi connectivity index (χ0v) is 19.4. The summed E-state index contributed by atoms with van der Waals surface area (Å²) >= 11 is 0. The van der Waals surface area contributed by atoms with Gasteiger partial charge in [-0.1, -0.05) is 116 Å². The molecule has 0 bridgehead atoms. The van der Waals surface area contributed by atoms with Crippen molar-refractivity contribution in [1.29, 1.82) is 0 Å². The Morgan fingerprint density at radius 2 is 1.20 bits per heavy atom. The first-order valence-electron chi connectivity index (χ1n) is 12.6. The largest absolute Gasteiger partial charge is 0.346 e. The van der Waals surface area contributed by atoms with E-state index >= 15 is 0 Å². The lowest BCUT2D eigenvalue weighted by Crippen LogP contribution is -2.17. The first-order valence-corrected chi connectivity index (χ1v) is 12.6. The minimum Gasteiger partial charge on any atom is -0.312 e. The highest BCUT2D eigenvalue weighted by Gasteiger charge is 2.03. The highest BCUT2D eigenvalue weighted by Crippen LogP contribution is 2.14. The average molecular weight is 420 g/mol. The van der Waals surface area contributed by atoms with Crippen molar-refractivity contribution in [3.8, 4) is 0 Å². The van der Waals surface area contributed by atoms with Crippen LogP contribution in [0.4, 0.5) is 5.82 Å². The zero-order chi connectivity index (χ0) is 21.7. The average Bonchev–Trinajstić information content (AvgIpc) is 2.73. The first kappa shape index (κ1) is 26.4. The van der Waals surface area contributed by atoms with E-state index in [2.05, 4.69) is 22.2 Å². The van der Waals surface area contributed by atoms with Gasteiger partial charge in [-0.15, -0.1) is 0 Å². The number of amides is 1. The molecule has 0 aromatic carbocycles. The maximum atomic E-state index is 11.8. The fraction of sp³-hybridized carbons (Fsp3) is 0.800. The second-order valence-corrected chi connectivity index (χ2v) is 8.60. The van der Waals surface area contributed by atoms with Gasteiger partial charge in [0, 0.05) is 12.6 Å². The van der Waals surface area contributed by atoms with Gasteiger partial charge in [-0.05, 0) is 12.5 Å². The number of unbranched alkanes of at least 4 members (excludes halogenated alkanes) is 17. The number of hydrogen-bond acceptors (Lipinski definition) is 3. The van der Waals surface area contributed by atoms with Crippen molar-refractivity contribution in [1.82, 2.24) is 9.97 Å². The van der Waals surface area contributed by atoms with Crippen LogP contribution in [0, 0.1) is 0 Å². The van der Waals surface area contributed by atoms with Crippen molar-refractivity contribution in [3.05, 3.63) is 22.7 Å². The number of nitrogens with one attached hydrogen (secondary N) is 2. The number of aromatic nitrogens is 2. The molecule has 0 aliphatic carbocycles. The SMILES string of the molecule is CCCCCCCCCCCCCCCCCCCCC(=O)Nc1ccnc(=O)[nH]1. The molecule has 0 unspecified atom stereocenters. The van der Waals surface area contributed by atoms with E-state index in [1.807, 2.05) is 0 Å². The number of anilines is 1. The van der Waals surface area contributed by atoms with E-state index in [9.17, 15) is 9.59 Å². The summed E-state index contributed by atoms with van der Waals surface area (Å²) in [6.07, 6.45) is 26.0. The summed E-state index contributed by atoms with van der Waals surface area (Å²) in [6.45, 7) is 2.28. The summed E-state index contributed by atoms with van der Waals surface area (Å²) < 4.78 is 0. The van der Waals surface area contributed by atoms with Crippen LogP contribution in [0.25, 0.3) is 0 Å². The minimum atomic E-state index is -0.444. The number of H-pyrrole nitrogens is 1. The Kier molecular flexibility index (Phi) is 17.0. The van der Waals surface area contributed by atoms with E-state index in [0.29, 0.717) is 12.2 Å². The van der Waals surface area contributed by atoms with E-state index in [0.717, 1.165) is 12.8 Å². The maximum Gasteiger partial charge on any atom is 0.346 e. The van der Waals surface area contributed by atoms with Crippen molar-refractivity contribution < 1.29 is 4.79 Å². The topological polar surface area (TPSA) is 74.8 Å². The second kappa shape index (κ2) is 19.3. The number of aromatic amines is 1. The Bertz CT molecular complexity index is 586. The Morgan fingerprint density at radius 3 is 1.63 bits per heavy atom. The first-order chi connectivity index (χ1) is 14.7. The molecule has 1 aromatic heterocycles. The predicted octanol–water partition coefficient (Wildman–Crippen LogP) is 7.14. The lowest BCUT2D eigenvalue weighted by Gasteiger charge is -2.05. The normalized spacial score (nSPS) is 11.0. The Labute approximate surface area is 183 Å². The second-order valence-electron chi connectivity index (χ2n) is 8.60. The Balaban J connectivity index is 1.77. The number of nitrogens with zero attached hydrogens (tertiary/aromatic N) is 1. The number of carbonyl (C=O) groups excluding carboxylic acids is 1. The highest BCUT2D eigenvalue weighted by molar-refractivity contribution is 5.89. The van der Waals surface area contributed by atoms with Crippen molar-refractivity contribution in [2.24, 2.45) is 0 Å². The molecule has 5 nitrogen and oxygen atoms in total. The fourth-order valence-electron chi connectivity index (χ4n) is 3.84. The van der Waals surface area contributed by atoms with Crippen molar-refractivity contribution in [2.45, 2.75) is 129 Å². The highest BCUT2D eigenvalue weighted by atomic mass is 16.2. The summed E-state index contributed by atoms with van der Waals surface area (Å²) in [5.74, 6) is 0.371. The molecular formula is C25H45N3O2.